The third-order valence-corrected chi connectivity index (χ3v) is 4.71. The molecule has 0 spiro atoms. The maximum absolute atomic E-state index is 13.0. The molecule has 0 radical (unpaired) electrons. The van der Waals surface area contributed by atoms with Gasteiger partial charge < -0.3 is 9.64 Å². The van der Waals surface area contributed by atoms with Crippen LogP contribution < -0.4 is 4.74 Å². The Balaban J connectivity index is 2.21. The van der Waals surface area contributed by atoms with E-state index in [9.17, 15) is 4.79 Å². The Kier molecular flexibility index (Phi) is 4.92. The highest BCUT2D eigenvalue weighted by Gasteiger charge is 2.37. The van der Waals surface area contributed by atoms with Crippen molar-refractivity contribution in [3.63, 3.8) is 0 Å². The van der Waals surface area contributed by atoms with Crippen molar-refractivity contribution in [3.8, 4) is 5.75 Å². The molecule has 1 heterocycles. The lowest BCUT2D eigenvalue weighted by Gasteiger charge is -2.40. The number of nitrogens with zero attached hydrogens (tertiary/aromatic N) is 1. The minimum atomic E-state index is -0.489. The van der Waals surface area contributed by atoms with E-state index in [4.69, 9.17) is 4.74 Å². The monoisotopic (exact) mass is 289 g/mol. The summed E-state index contributed by atoms with van der Waals surface area (Å²) < 4.78 is 5.20. The minimum absolute atomic E-state index is 0.249. The topological polar surface area (TPSA) is 29.5 Å². The standard InChI is InChI=1S/C18H27NO2/c1-5-15-8-6-7-13-19(15)17(20)18(2,3)14-9-11-16(21-4)12-10-14/h9-12,15H,5-8,13H2,1-4H3. The van der Waals surface area contributed by atoms with Gasteiger partial charge in [-0.15, -0.1) is 0 Å². The van der Waals surface area contributed by atoms with Crippen LogP contribution in [0.15, 0.2) is 24.3 Å². The quantitative estimate of drug-likeness (QED) is 0.844. The van der Waals surface area contributed by atoms with Crippen LogP contribution in [0.5, 0.6) is 5.75 Å². The van der Waals surface area contributed by atoms with Gasteiger partial charge in [-0.1, -0.05) is 19.1 Å². The maximum atomic E-state index is 13.0. The summed E-state index contributed by atoms with van der Waals surface area (Å²) in [7, 11) is 1.66. The van der Waals surface area contributed by atoms with E-state index in [-0.39, 0.29) is 5.91 Å². The summed E-state index contributed by atoms with van der Waals surface area (Å²) in [6.07, 6.45) is 4.55. The second-order valence-electron chi connectivity index (χ2n) is 6.41. The number of benzene rings is 1. The number of hydrogen-bond donors (Lipinski definition) is 0. The molecule has 21 heavy (non-hydrogen) atoms. The van der Waals surface area contributed by atoms with Gasteiger partial charge in [-0.2, -0.15) is 0 Å². The number of carbonyl (C=O) groups excluding carboxylic acids is 1. The van der Waals surface area contributed by atoms with Gasteiger partial charge in [0.2, 0.25) is 5.91 Å². The number of rotatable bonds is 4. The first-order chi connectivity index (χ1) is 10.0. The van der Waals surface area contributed by atoms with Crippen LogP contribution in [0.1, 0.15) is 52.0 Å². The molecule has 1 atom stereocenters. The predicted octanol–water partition coefficient (Wildman–Crippen LogP) is 3.76. The Morgan fingerprint density at radius 1 is 1.29 bits per heavy atom. The summed E-state index contributed by atoms with van der Waals surface area (Å²) in [6.45, 7) is 7.13. The van der Waals surface area contributed by atoms with E-state index in [1.165, 1.54) is 6.42 Å². The van der Waals surface area contributed by atoms with E-state index in [1.807, 2.05) is 38.1 Å². The van der Waals surface area contributed by atoms with E-state index in [0.717, 1.165) is 37.1 Å². The summed E-state index contributed by atoms with van der Waals surface area (Å²) in [4.78, 5) is 15.1. The number of likely N-dealkylation sites (tertiary alicyclic amines) is 1. The Bertz CT molecular complexity index is 478. The van der Waals surface area contributed by atoms with Crippen LogP contribution in [0.3, 0.4) is 0 Å². The van der Waals surface area contributed by atoms with Crippen molar-refractivity contribution in [2.45, 2.75) is 57.9 Å². The molecule has 1 saturated heterocycles. The van der Waals surface area contributed by atoms with E-state index in [0.29, 0.717) is 6.04 Å². The molecular formula is C18H27NO2. The van der Waals surface area contributed by atoms with Crippen molar-refractivity contribution in [1.82, 2.24) is 4.90 Å². The second-order valence-corrected chi connectivity index (χ2v) is 6.41. The molecule has 0 saturated carbocycles. The Morgan fingerprint density at radius 3 is 2.52 bits per heavy atom. The van der Waals surface area contributed by atoms with Crippen LogP contribution in [0.25, 0.3) is 0 Å². The van der Waals surface area contributed by atoms with Gasteiger partial charge in [0.05, 0.1) is 12.5 Å². The van der Waals surface area contributed by atoms with Gasteiger partial charge in [0, 0.05) is 12.6 Å². The summed E-state index contributed by atoms with van der Waals surface area (Å²) in [5.41, 5.74) is 0.561. The molecule has 0 aromatic heterocycles. The van der Waals surface area contributed by atoms with Gasteiger partial charge in [0.25, 0.3) is 0 Å². The van der Waals surface area contributed by atoms with Crippen molar-refractivity contribution < 1.29 is 9.53 Å². The third kappa shape index (κ3) is 3.22. The molecule has 1 unspecified atom stereocenters. The molecule has 0 N–H and O–H groups in total. The number of methoxy groups -OCH3 is 1. The smallest absolute Gasteiger partial charge is 0.232 e. The molecule has 1 amide bonds. The molecule has 1 aromatic carbocycles. The second kappa shape index (κ2) is 6.50. The van der Waals surface area contributed by atoms with Crippen LogP contribution in [0.2, 0.25) is 0 Å². The van der Waals surface area contributed by atoms with Crippen molar-refractivity contribution >= 4 is 5.91 Å². The van der Waals surface area contributed by atoms with Crippen LogP contribution in [0, 0.1) is 0 Å². The van der Waals surface area contributed by atoms with Gasteiger partial charge in [-0.3, -0.25) is 4.79 Å². The minimum Gasteiger partial charge on any atom is -0.497 e. The summed E-state index contributed by atoms with van der Waals surface area (Å²) >= 11 is 0. The number of carbonyl (C=O) groups is 1. The summed E-state index contributed by atoms with van der Waals surface area (Å²) in [5, 5.41) is 0. The van der Waals surface area contributed by atoms with E-state index in [1.54, 1.807) is 7.11 Å². The lowest BCUT2D eigenvalue weighted by molar-refractivity contribution is -0.140. The average Bonchev–Trinajstić information content (AvgIpc) is 2.54. The van der Waals surface area contributed by atoms with Gasteiger partial charge in [0.15, 0.2) is 0 Å². The molecule has 2 rings (SSSR count). The van der Waals surface area contributed by atoms with E-state index >= 15 is 0 Å². The lowest BCUT2D eigenvalue weighted by Crippen LogP contribution is -2.50. The number of piperidine rings is 1. The predicted molar refractivity (Wildman–Crippen MR) is 85.7 cm³/mol. The zero-order chi connectivity index (χ0) is 15.5. The Morgan fingerprint density at radius 2 is 1.95 bits per heavy atom. The molecule has 1 aliphatic rings. The molecule has 0 aliphatic carbocycles. The van der Waals surface area contributed by atoms with Gasteiger partial charge >= 0.3 is 0 Å². The molecule has 116 valence electrons. The fraction of sp³-hybridized carbons (Fsp3) is 0.611. The highest BCUT2D eigenvalue weighted by Crippen LogP contribution is 2.31. The van der Waals surface area contributed by atoms with Crippen molar-refractivity contribution in [3.05, 3.63) is 29.8 Å². The normalized spacial score (nSPS) is 19.4. The molecule has 1 aliphatic heterocycles. The van der Waals surface area contributed by atoms with Crippen molar-refractivity contribution in [2.75, 3.05) is 13.7 Å². The van der Waals surface area contributed by atoms with Crippen molar-refractivity contribution in [2.24, 2.45) is 0 Å². The maximum Gasteiger partial charge on any atom is 0.232 e. The molecule has 1 fully saturated rings. The highest BCUT2D eigenvalue weighted by molar-refractivity contribution is 5.87. The fourth-order valence-corrected chi connectivity index (χ4v) is 3.18. The number of hydrogen-bond acceptors (Lipinski definition) is 2. The first-order valence-corrected chi connectivity index (χ1v) is 7.96. The van der Waals surface area contributed by atoms with E-state index < -0.39 is 5.41 Å². The summed E-state index contributed by atoms with van der Waals surface area (Å²) in [6, 6.07) is 8.27. The molecule has 0 bridgehead atoms. The van der Waals surface area contributed by atoms with Crippen LogP contribution >= 0.6 is 0 Å². The SMILES string of the molecule is CCC1CCCCN1C(=O)C(C)(C)c1ccc(OC)cc1. The summed E-state index contributed by atoms with van der Waals surface area (Å²) in [5.74, 6) is 1.07. The number of amides is 1. The van der Waals surface area contributed by atoms with Crippen molar-refractivity contribution in [1.29, 1.82) is 0 Å². The Labute approximate surface area is 128 Å². The lowest BCUT2D eigenvalue weighted by atomic mass is 9.82. The van der Waals surface area contributed by atoms with Crippen LogP contribution in [-0.2, 0) is 10.2 Å². The zero-order valence-corrected chi connectivity index (χ0v) is 13.7. The highest BCUT2D eigenvalue weighted by atomic mass is 16.5. The van der Waals surface area contributed by atoms with Crippen LogP contribution in [0.4, 0.5) is 0 Å². The van der Waals surface area contributed by atoms with Gasteiger partial charge in [0.1, 0.15) is 5.75 Å². The molecule has 1 aromatic rings. The largest absolute Gasteiger partial charge is 0.497 e. The first kappa shape index (κ1) is 15.9. The molecular weight excluding hydrogens is 262 g/mol. The van der Waals surface area contributed by atoms with Gasteiger partial charge in [-0.05, 0) is 57.2 Å². The zero-order valence-electron chi connectivity index (χ0n) is 13.7. The molecule has 3 nitrogen and oxygen atoms in total. The first-order valence-electron chi connectivity index (χ1n) is 7.96. The fourth-order valence-electron chi connectivity index (χ4n) is 3.18. The molecule has 3 heteroatoms. The van der Waals surface area contributed by atoms with Gasteiger partial charge in [-0.25, -0.2) is 0 Å². The number of ether oxygens (including phenoxy) is 1. The third-order valence-electron chi connectivity index (χ3n) is 4.71. The van der Waals surface area contributed by atoms with Crippen LogP contribution in [-0.4, -0.2) is 30.5 Å². The Hall–Kier alpha value is -1.51. The van der Waals surface area contributed by atoms with E-state index in [2.05, 4.69) is 11.8 Å². The average molecular weight is 289 g/mol.